The molecule has 0 aliphatic rings. The van der Waals surface area contributed by atoms with Gasteiger partial charge in [-0.2, -0.15) is 0 Å². The summed E-state index contributed by atoms with van der Waals surface area (Å²) in [5.74, 6) is -0.996. The second-order valence-electron chi connectivity index (χ2n) is 3.33. The smallest absolute Gasteiger partial charge is 0.212 e. The topological polar surface area (TPSA) is 34.1 Å². The van der Waals surface area contributed by atoms with E-state index in [4.69, 9.17) is 10.7 Å². The molecule has 0 radical (unpaired) electrons. The second-order valence-corrected chi connectivity index (χ2v) is 6.15. The molecule has 0 saturated heterocycles. The van der Waals surface area contributed by atoms with Gasteiger partial charge in [-0.25, -0.2) is 12.8 Å². The van der Waals surface area contributed by atoms with Crippen LogP contribution in [-0.4, -0.2) is 14.2 Å². The van der Waals surface area contributed by atoms with Crippen molar-refractivity contribution in [1.82, 2.24) is 0 Å². The van der Waals surface area contributed by atoms with Crippen LogP contribution < -0.4 is 0 Å². The molecule has 1 aromatic rings. The molecular weight excluding hydrogens is 239 g/mol. The molecular formula is C10H12ClFO2S. The van der Waals surface area contributed by atoms with Gasteiger partial charge in [0.1, 0.15) is 5.82 Å². The van der Waals surface area contributed by atoms with Crippen molar-refractivity contribution in [3.63, 3.8) is 0 Å². The van der Waals surface area contributed by atoms with Gasteiger partial charge in [-0.1, -0.05) is 25.1 Å². The van der Waals surface area contributed by atoms with Gasteiger partial charge in [-0.15, -0.1) is 0 Å². The largest absolute Gasteiger partial charge is 0.233 e. The molecule has 1 aromatic carbocycles. The Bertz CT molecular complexity index is 431. The third-order valence-electron chi connectivity index (χ3n) is 2.24. The molecule has 1 rings (SSSR count). The van der Waals surface area contributed by atoms with Crippen LogP contribution in [0.4, 0.5) is 4.39 Å². The van der Waals surface area contributed by atoms with Crippen LogP contribution in [0, 0.1) is 5.82 Å². The predicted octanol–water partition coefficient (Wildman–Crippen LogP) is 2.89. The van der Waals surface area contributed by atoms with E-state index >= 15 is 0 Å². The maximum atomic E-state index is 13.4. The SMILES string of the molecule is CCC(CS(=O)(=O)Cl)c1ccccc1F. The predicted molar refractivity (Wildman–Crippen MR) is 59.1 cm³/mol. The molecule has 0 spiro atoms. The zero-order valence-corrected chi connectivity index (χ0v) is 9.85. The van der Waals surface area contributed by atoms with Gasteiger partial charge in [0.05, 0.1) is 5.75 Å². The minimum Gasteiger partial charge on any atom is -0.212 e. The molecule has 5 heteroatoms. The Morgan fingerprint density at radius 1 is 1.40 bits per heavy atom. The normalized spacial score (nSPS) is 13.8. The summed E-state index contributed by atoms with van der Waals surface area (Å²) in [6.45, 7) is 1.80. The van der Waals surface area contributed by atoms with Gasteiger partial charge in [0.15, 0.2) is 0 Å². The first kappa shape index (κ1) is 12.5. The van der Waals surface area contributed by atoms with Crippen LogP contribution in [0.15, 0.2) is 24.3 Å². The summed E-state index contributed by atoms with van der Waals surface area (Å²) in [4.78, 5) is 0. The average molecular weight is 251 g/mol. The highest BCUT2D eigenvalue weighted by Crippen LogP contribution is 2.24. The van der Waals surface area contributed by atoms with Crippen LogP contribution in [0.5, 0.6) is 0 Å². The third-order valence-corrected chi connectivity index (χ3v) is 3.42. The molecule has 84 valence electrons. The minimum absolute atomic E-state index is 0.230. The lowest BCUT2D eigenvalue weighted by Crippen LogP contribution is -2.10. The Balaban J connectivity index is 2.98. The van der Waals surface area contributed by atoms with E-state index in [1.54, 1.807) is 25.1 Å². The van der Waals surface area contributed by atoms with Gasteiger partial charge >= 0.3 is 0 Å². The average Bonchev–Trinajstić information content (AvgIpc) is 2.14. The molecule has 1 atom stereocenters. The molecule has 0 saturated carbocycles. The number of hydrogen-bond acceptors (Lipinski definition) is 2. The van der Waals surface area contributed by atoms with Crippen LogP contribution in [0.2, 0.25) is 0 Å². The fraction of sp³-hybridized carbons (Fsp3) is 0.400. The quantitative estimate of drug-likeness (QED) is 0.770. The van der Waals surface area contributed by atoms with Gasteiger partial charge in [0.2, 0.25) is 9.05 Å². The minimum atomic E-state index is -3.59. The van der Waals surface area contributed by atoms with Crippen molar-refractivity contribution < 1.29 is 12.8 Å². The highest BCUT2D eigenvalue weighted by atomic mass is 35.7. The van der Waals surface area contributed by atoms with Gasteiger partial charge in [0, 0.05) is 16.6 Å². The highest BCUT2D eigenvalue weighted by Gasteiger charge is 2.19. The first-order chi connectivity index (χ1) is 6.94. The van der Waals surface area contributed by atoms with Crippen LogP contribution >= 0.6 is 10.7 Å². The lowest BCUT2D eigenvalue weighted by molar-refractivity contribution is 0.572. The summed E-state index contributed by atoms with van der Waals surface area (Å²) < 4.78 is 35.2. The van der Waals surface area contributed by atoms with E-state index in [1.807, 2.05) is 0 Å². The monoisotopic (exact) mass is 250 g/mol. The van der Waals surface area contributed by atoms with E-state index < -0.39 is 9.05 Å². The molecule has 0 N–H and O–H groups in total. The number of hydrogen-bond donors (Lipinski definition) is 0. The Kier molecular flexibility index (Phi) is 4.11. The summed E-state index contributed by atoms with van der Waals surface area (Å²) in [6.07, 6.45) is 0.535. The van der Waals surface area contributed by atoms with E-state index in [2.05, 4.69) is 0 Å². The summed E-state index contributed by atoms with van der Waals surface area (Å²) in [7, 11) is 1.56. The van der Waals surface area contributed by atoms with Crippen molar-refractivity contribution in [2.45, 2.75) is 19.3 Å². The van der Waals surface area contributed by atoms with Crippen molar-refractivity contribution in [2.24, 2.45) is 0 Å². The number of rotatable bonds is 4. The fourth-order valence-electron chi connectivity index (χ4n) is 1.47. The summed E-state index contributed by atoms with van der Waals surface area (Å²) in [5.41, 5.74) is 0.407. The Hall–Kier alpha value is -0.610. The van der Waals surface area contributed by atoms with Gasteiger partial charge in [-0.3, -0.25) is 0 Å². The Morgan fingerprint density at radius 3 is 2.47 bits per heavy atom. The summed E-state index contributed by atoms with van der Waals surface area (Å²) in [6, 6.07) is 6.16. The summed E-state index contributed by atoms with van der Waals surface area (Å²) >= 11 is 0. The number of halogens is 2. The van der Waals surface area contributed by atoms with E-state index in [0.29, 0.717) is 12.0 Å². The van der Waals surface area contributed by atoms with Crippen molar-refractivity contribution in [3.05, 3.63) is 35.6 Å². The van der Waals surface area contributed by atoms with Crippen molar-refractivity contribution in [1.29, 1.82) is 0 Å². The maximum Gasteiger partial charge on any atom is 0.233 e. The van der Waals surface area contributed by atoms with Crippen molar-refractivity contribution in [3.8, 4) is 0 Å². The third kappa shape index (κ3) is 3.80. The van der Waals surface area contributed by atoms with E-state index in [1.165, 1.54) is 6.07 Å². The van der Waals surface area contributed by atoms with Gasteiger partial charge in [0.25, 0.3) is 0 Å². The lowest BCUT2D eigenvalue weighted by Gasteiger charge is -2.13. The first-order valence-corrected chi connectivity index (χ1v) is 7.08. The van der Waals surface area contributed by atoms with Crippen molar-refractivity contribution in [2.75, 3.05) is 5.75 Å². The molecule has 0 bridgehead atoms. The molecule has 0 fully saturated rings. The van der Waals surface area contributed by atoms with E-state index in [9.17, 15) is 12.8 Å². The Labute approximate surface area is 93.5 Å². The standard InChI is InChI=1S/C10H12ClFO2S/c1-2-8(7-15(11,13)14)9-5-3-4-6-10(9)12/h3-6,8H,2,7H2,1H3. The first-order valence-electron chi connectivity index (χ1n) is 4.60. The van der Waals surface area contributed by atoms with Gasteiger partial charge < -0.3 is 0 Å². The lowest BCUT2D eigenvalue weighted by atomic mass is 9.98. The molecule has 0 aliphatic heterocycles. The van der Waals surface area contributed by atoms with E-state index in [-0.39, 0.29) is 17.5 Å². The number of benzene rings is 1. The highest BCUT2D eigenvalue weighted by molar-refractivity contribution is 8.13. The van der Waals surface area contributed by atoms with Gasteiger partial charge in [-0.05, 0) is 18.1 Å². The molecule has 0 heterocycles. The molecule has 2 nitrogen and oxygen atoms in total. The van der Waals surface area contributed by atoms with Crippen molar-refractivity contribution >= 4 is 19.7 Å². The molecule has 0 aliphatic carbocycles. The zero-order chi connectivity index (χ0) is 11.5. The van der Waals surface area contributed by atoms with Crippen LogP contribution in [-0.2, 0) is 9.05 Å². The zero-order valence-electron chi connectivity index (χ0n) is 8.28. The van der Waals surface area contributed by atoms with Crippen LogP contribution in [0.3, 0.4) is 0 Å². The Morgan fingerprint density at radius 2 is 2.00 bits per heavy atom. The second kappa shape index (κ2) is 4.94. The fourth-order valence-corrected chi connectivity index (χ4v) is 2.83. The molecule has 15 heavy (non-hydrogen) atoms. The molecule has 1 unspecified atom stereocenters. The maximum absolute atomic E-state index is 13.4. The van der Waals surface area contributed by atoms with Crippen LogP contribution in [0.25, 0.3) is 0 Å². The van der Waals surface area contributed by atoms with E-state index in [0.717, 1.165) is 0 Å². The summed E-state index contributed by atoms with van der Waals surface area (Å²) in [5, 5.41) is 0. The molecule has 0 aromatic heterocycles. The molecule has 0 amide bonds. The van der Waals surface area contributed by atoms with Crippen LogP contribution in [0.1, 0.15) is 24.8 Å².